The molecule has 1 aromatic rings. The van der Waals surface area contributed by atoms with Crippen molar-refractivity contribution in [1.82, 2.24) is 0 Å². The van der Waals surface area contributed by atoms with Gasteiger partial charge in [0.25, 0.3) is 0 Å². The number of fused-ring (bicyclic) bond motifs is 2. The van der Waals surface area contributed by atoms with Crippen LogP contribution in [0, 0.1) is 0 Å². The minimum Gasteiger partial charge on any atom is -0.0823 e. The van der Waals surface area contributed by atoms with Gasteiger partial charge in [-0.15, -0.1) is 0 Å². The van der Waals surface area contributed by atoms with E-state index in [0.29, 0.717) is 0 Å². The van der Waals surface area contributed by atoms with Gasteiger partial charge >= 0.3 is 0 Å². The lowest BCUT2D eigenvalue weighted by Crippen LogP contribution is -2.00. The van der Waals surface area contributed by atoms with Gasteiger partial charge in [0.15, 0.2) is 0 Å². The zero-order valence-corrected chi connectivity index (χ0v) is 9.48. The second-order valence-electron chi connectivity index (χ2n) is 4.25. The topological polar surface area (TPSA) is 0 Å². The molecule has 14 heavy (non-hydrogen) atoms. The summed E-state index contributed by atoms with van der Waals surface area (Å²) in [6.07, 6.45) is 5.40. The van der Waals surface area contributed by atoms with Gasteiger partial charge in [-0.3, -0.25) is 0 Å². The molecule has 0 saturated carbocycles. The molecule has 0 bridgehead atoms. The first-order valence-electron chi connectivity index (χ1n) is 5.38. The largest absolute Gasteiger partial charge is 0.0823 e. The molecule has 0 saturated heterocycles. The summed E-state index contributed by atoms with van der Waals surface area (Å²) in [5, 5.41) is 1.82. The molecule has 72 valence electrons. The molecule has 0 aromatic heterocycles. The maximum absolute atomic E-state index is 2.45. The smallest absolute Gasteiger partial charge is 0.0189 e. The van der Waals surface area contributed by atoms with Crippen LogP contribution in [0.15, 0.2) is 29.6 Å². The van der Waals surface area contributed by atoms with Crippen molar-refractivity contribution in [2.24, 2.45) is 0 Å². The number of rotatable bonds is 0. The van der Waals surface area contributed by atoms with E-state index in [1.807, 2.05) is 5.31 Å². The molecular formula is C13H15P. The van der Waals surface area contributed by atoms with Crippen LogP contribution in [-0.2, 0) is 6.42 Å². The van der Waals surface area contributed by atoms with Crippen molar-refractivity contribution in [2.45, 2.75) is 19.3 Å². The average Bonchev–Trinajstić information content (AvgIpc) is 2.61. The molecule has 0 spiro atoms. The highest BCUT2D eigenvalue weighted by molar-refractivity contribution is 7.62. The van der Waals surface area contributed by atoms with E-state index in [1.54, 1.807) is 16.7 Å². The van der Waals surface area contributed by atoms with Gasteiger partial charge in [-0.2, -0.15) is 0 Å². The fourth-order valence-electron chi connectivity index (χ4n) is 2.71. The number of aryl methyl sites for hydroxylation is 1. The summed E-state index contributed by atoms with van der Waals surface area (Å²) in [7, 11) is 0.233. The van der Waals surface area contributed by atoms with E-state index in [9.17, 15) is 0 Å². The summed E-state index contributed by atoms with van der Waals surface area (Å²) in [6, 6.07) is 8.98. The lowest BCUT2D eigenvalue weighted by atomic mass is 9.90. The van der Waals surface area contributed by atoms with Gasteiger partial charge in [0.2, 0.25) is 0 Å². The van der Waals surface area contributed by atoms with Gasteiger partial charge in [-0.25, -0.2) is 0 Å². The van der Waals surface area contributed by atoms with Gasteiger partial charge in [-0.1, -0.05) is 32.2 Å². The predicted molar refractivity (Wildman–Crippen MR) is 64.0 cm³/mol. The minimum atomic E-state index is 0.233. The molecule has 1 unspecified atom stereocenters. The second kappa shape index (κ2) is 3.21. The Morgan fingerprint density at radius 1 is 1.07 bits per heavy atom. The fraction of sp³-hybridized carbons (Fsp3) is 0.385. The van der Waals surface area contributed by atoms with Crippen molar-refractivity contribution in [3.63, 3.8) is 0 Å². The summed E-state index contributed by atoms with van der Waals surface area (Å²) < 4.78 is 0. The molecule has 0 radical (unpaired) electrons. The quantitative estimate of drug-likeness (QED) is 0.560. The summed E-state index contributed by atoms with van der Waals surface area (Å²) >= 11 is 0. The van der Waals surface area contributed by atoms with Crippen molar-refractivity contribution < 1.29 is 0 Å². The maximum Gasteiger partial charge on any atom is -0.0189 e. The molecule has 0 nitrogen and oxygen atoms in total. The molecule has 1 heteroatoms. The van der Waals surface area contributed by atoms with Crippen LogP contribution < -0.4 is 0 Å². The van der Waals surface area contributed by atoms with Gasteiger partial charge < -0.3 is 0 Å². The van der Waals surface area contributed by atoms with Crippen LogP contribution in [0.1, 0.15) is 24.0 Å². The van der Waals surface area contributed by atoms with Gasteiger partial charge in [0.1, 0.15) is 0 Å². The molecule has 1 aliphatic carbocycles. The third-order valence-corrected chi connectivity index (χ3v) is 5.79. The highest BCUT2D eigenvalue weighted by Crippen LogP contribution is 2.56. The minimum absolute atomic E-state index is 0.233. The summed E-state index contributed by atoms with van der Waals surface area (Å²) in [6.45, 7) is 2.45. The monoisotopic (exact) mass is 202 g/mol. The Labute approximate surface area is 86.8 Å². The zero-order valence-electron chi connectivity index (χ0n) is 8.59. The lowest BCUT2D eigenvalue weighted by Gasteiger charge is -2.20. The Morgan fingerprint density at radius 2 is 1.93 bits per heavy atom. The Kier molecular flexibility index (Phi) is 1.99. The summed E-state index contributed by atoms with van der Waals surface area (Å²) in [4.78, 5) is 0. The maximum atomic E-state index is 2.45. The molecule has 3 rings (SSSR count). The second-order valence-corrected chi connectivity index (χ2v) is 6.64. The van der Waals surface area contributed by atoms with Crippen LogP contribution in [0.25, 0.3) is 5.57 Å². The average molecular weight is 202 g/mol. The van der Waals surface area contributed by atoms with Crippen LogP contribution in [0.4, 0.5) is 0 Å². The van der Waals surface area contributed by atoms with Crippen LogP contribution in [-0.4, -0.2) is 12.8 Å². The third kappa shape index (κ3) is 1.17. The summed E-state index contributed by atoms with van der Waals surface area (Å²) in [5.41, 5.74) is 4.86. The van der Waals surface area contributed by atoms with Gasteiger partial charge in [0.05, 0.1) is 0 Å². The van der Waals surface area contributed by atoms with Crippen molar-refractivity contribution in [3.05, 3.63) is 40.7 Å². The Hall–Kier alpha value is -0.610. The molecule has 1 atom stereocenters. The standard InChI is InChI=1S/C13H15P/c1-14-9-8-12-11-5-3-2-4-10(11)6-7-13(12)14/h2-5H,6-9H2,1H3. The first-order valence-corrected chi connectivity index (χ1v) is 7.35. The molecule has 2 aliphatic rings. The van der Waals surface area contributed by atoms with E-state index < -0.39 is 0 Å². The first kappa shape index (κ1) is 8.68. The molecule has 1 heterocycles. The number of hydrogen-bond acceptors (Lipinski definition) is 0. The molecule has 0 N–H and O–H groups in total. The normalized spacial score (nSPS) is 24.8. The van der Waals surface area contributed by atoms with Crippen molar-refractivity contribution >= 4 is 13.5 Å². The summed E-state index contributed by atoms with van der Waals surface area (Å²) in [5.74, 6) is 0. The van der Waals surface area contributed by atoms with Crippen molar-refractivity contribution in [2.75, 3.05) is 12.8 Å². The van der Waals surface area contributed by atoms with E-state index in [4.69, 9.17) is 0 Å². The molecular weight excluding hydrogens is 187 g/mol. The Balaban J connectivity index is 2.16. The van der Waals surface area contributed by atoms with E-state index in [2.05, 4.69) is 30.9 Å². The van der Waals surface area contributed by atoms with E-state index in [-0.39, 0.29) is 7.92 Å². The Morgan fingerprint density at radius 3 is 2.86 bits per heavy atom. The fourth-order valence-corrected chi connectivity index (χ4v) is 4.72. The molecule has 1 aromatic carbocycles. The van der Waals surface area contributed by atoms with Crippen LogP contribution >= 0.6 is 7.92 Å². The number of benzene rings is 1. The van der Waals surface area contributed by atoms with Crippen molar-refractivity contribution in [3.8, 4) is 0 Å². The molecule has 1 aliphatic heterocycles. The Bertz CT molecular complexity index is 403. The number of allylic oxidation sites excluding steroid dienone is 2. The highest BCUT2D eigenvalue weighted by Gasteiger charge is 2.26. The zero-order chi connectivity index (χ0) is 9.54. The van der Waals surface area contributed by atoms with E-state index in [1.165, 1.54) is 25.4 Å². The van der Waals surface area contributed by atoms with E-state index >= 15 is 0 Å². The van der Waals surface area contributed by atoms with Gasteiger partial charge in [0, 0.05) is 0 Å². The van der Waals surface area contributed by atoms with Crippen LogP contribution in [0.5, 0.6) is 0 Å². The SMILES string of the molecule is CP1CCC2=C1CCc1ccccc12. The molecule has 0 fully saturated rings. The van der Waals surface area contributed by atoms with Crippen LogP contribution in [0.2, 0.25) is 0 Å². The van der Waals surface area contributed by atoms with Crippen molar-refractivity contribution in [1.29, 1.82) is 0 Å². The molecule has 0 amide bonds. The van der Waals surface area contributed by atoms with Crippen LogP contribution in [0.3, 0.4) is 0 Å². The number of hydrogen-bond donors (Lipinski definition) is 0. The third-order valence-electron chi connectivity index (χ3n) is 3.48. The first-order chi connectivity index (χ1) is 6.86. The van der Waals surface area contributed by atoms with Gasteiger partial charge in [-0.05, 0) is 54.1 Å². The highest BCUT2D eigenvalue weighted by atomic mass is 31.1. The van der Waals surface area contributed by atoms with E-state index in [0.717, 1.165) is 0 Å². The predicted octanol–water partition coefficient (Wildman–Crippen LogP) is 3.86. The lowest BCUT2D eigenvalue weighted by molar-refractivity contribution is 0.959.